The SMILES string of the molecule is CCCCCCCCCCCCCCCC(=O)NCCC(=O)[O-].CCCCCCCCCCCCCCCC(=O)NCCC(=O)[O-].[Ba+2]. The summed E-state index contributed by atoms with van der Waals surface area (Å²) in [6.07, 6.45) is 34.3. The second-order valence-electron chi connectivity index (χ2n) is 12.9. The molecule has 47 heavy (non-hydrogen) atoms. The summed E-state index contributed by atoms with van der Waals surface area (Å²) in [6, 6.07) is 0. The minimum Gasteiger partial charge on any atom is -0.550 e. The second kappa shape index (κ2) is 43.5. The molecular weight excluding hydrogens is 718 g/mol. The summed E-state index contributed by atoms with van der Waals surface area (Å²) in [5, 5.41) is 25.6. The van der Waals surface area contributed by atoms with Crippen molar-refractivity contribution in [3.63, 3.8) is 0 Å². The maximum absolute atomic E-state index is 11.4. The van der Waals surface area contributed by atoms with Gasteiger partial charge in [-0.25, -0.2) is 0 Å². The van der Waals surface area contributed by atoms with Gasteiger partial charge in [0.2, 0.25) is 11.8 Å². The molecule has 0 radical (unpaired) electrons. The van der Waals surface area contributed by atoms with Crippen LogP contribution in [0.2, 0.25) is 0 Å². The third-order valence-corrected chi connectivity index (χ3v) is 8.32. The fraction of sp³-hybridized carbons (Fsp3) is 0.895. The standard InChI is InChI=1S/2C19H37NO3.Ba/c2*1-2-3-4-5-6-7-8-9-10-11-12-13-14-15-18(21)20-17-16-19(22)23;/h2*2-17H2,1H3,(H,20,21)(H,22,23);/q;;+2/p-2. The number of hydrogen-bond donors (Lipinski definition) is 2. The number of amides is 2. The third kappa shape index (κ3) is 49.9. The van der Waals surface area contributed by atoms with Crippen molar-refractivity contribution in [2.24, 2.45) is 0 Å². The van der Waals surface area contributed by atoms with E-state index in [0.717, 1.165) is 25.7 Å². The Labute approximate surface area is 329 Å². The molecule has 0 aromatic heterocycles. The number of rotatable bonds is 34. The third-order valence-electron chi connectivity index (χ3n) is 8.32. The van der Waals surface area contributed by atoms with Crippen LogP contribution in [0.3, 0.4) is 0 Å². The van der Waals surface area contributed by atoms with Crippen molar-refractivity contribution in [2.45, 2.75) is 206 Å². The predicted molar refractivity (Wildman–Crippen MR) is 192 cm³/mol. The van der Waals surface area contributed by atoms with Crippen LogP contribution in [0.4, 0.5) is 0 Å². The first-order valence-electron chi connectivity index (χ1n) is 19.3. The van der Waals surface area contributed by atoms with Gasteiger partial charge in [0.15, 0.2) is 0 Å². The van der Waals surface area contributed by atoms with Crippen molar-refractivity contribution >= 4 is 72.6 Å². The quantitative estimate of drug-likeness (QED) is 0.0529. The zero-order valence-corrected chi connectivity index (χ0v) is 35.2. The molecule has 0 rings (SSSR count). The van der Waals surface area contributed by atoms with Crippen LogP contribution in [0.1, 0.15) is 206 Å². The Balaban J connectivity index is -0.000000807. The largest absolute Gasteiger partial charge is 2.00 e. The fourth-order valence-electron chi connectivity index (χ4n) is 5.39. The van der Waals surface area contributed by atoms with Crippen molar-refractivity contribution in [3.05, 3.63) is 0 Å². The molecule has 0 saturated heterocycles. The van der Waals surface area contributed by atoms with E-state index in [0.29, 0.717) is 12.8 Å². The van der Waals surface area contributed by atoms with Gasteiger partial charge in [0.1, 0.15) is 0 Å². The molecule has 0 saturated carbocycles. The minimum absolute atomic E-state index is 0. The number of aliphatic carboxylic acids is 2. The molecule has 9 heteroatoms. The van der Waals surface area contributed by atoms with Gasteiger partial charge in [0.25, 0.3) is 0 Å². The Morgan fingerprint density at radius 3 is 0.787 bits per heavy atom. The molecule has 0 fully saturated rings. The average molecular weight is 790 g/mol. The van der Waals surface area contributed by atoms with Crippen LogP contribution >= 0.6 is 0 Å². The number of carbonyl (C=O) groups excluding carboxylic acids is 4. The van der Waals surface area contributed by atoms with E-state index in [1.54, 1.807) is 0 Å². The van der Waals surface area contributed by atoms with Gasteiger partial charge in [-0.15, -0.1) is 0 Å². The molecule has 0 bridgehead atoms. The summed E-state index contributed by atoms with van der Waals surface area (Å²) in [6.45, 7) is 4.87. The normalized spacial score (nSPS) is 10.4. The summed E-state index contributed by atoms with van der Waals surface area (Å²) in [4.78, 5) is 43.2. The Morgan fingerprint density at radius 1 is 0.362 bits per heavy atom. The Bertz CT molecular complexity index is 650. The maximum Gasteiger partial charge on any atom is 2.00 e. The van der Waals surface area contributed by atoms with Crippen LogP contribution in [0.15, 0.2) is 0 Å². The first kappa shape index (κ1) is 50.8. The summed E-state index contributed by atoms with van der Waals surface area (Å²) in [7, 11) is 0. The molecule has 0 unspecified atom stereocenters. The second-order valence-corrected chi connectivity index (χ2v) is 12.9. The zero-order valence-electron chi connectivity index (χ0n) is 30.8. The van der Waals surface area contributed by atoms with E-state index in [1.165, 1.54) is 141 Å². The number of unbranched alkanes of at least 4 members (excludes halogenated alkanes) is 24. The first-order chi connectivity index (χ1) is 22.3. The van der Waals surface area contributed by atoms with E-state index >= 15 is 0 Å². The van der Waals surface area contributed by atoms with Gasteiger partial charge in [-0.2, -0.15) is 0 Å². The summed E-state index contributed by atoms with van der Waals surface area (Å²) in [5.41, 5.74) is 0. The average Bonchev–Trinajstić information content (AvgIpc) is 3.01. The molecule has 2 N–H and O–H groups in total. The van der Waals surface area contributed by atoms with Gasteiger partial charge in [0, 0.05) is 50.7 Å². The number of carbonyl (C=O) groups is 4. The summed E-state index contributed by atoms with van der Waals surface area (Å²) in [5.74, 6) is -2.33. The molecule has 0 aromatic rings. The molecule has 8 nitrogen and oxygen atoms in total. The fourth-order valence-corrected chi connectivity index (χ4v) is 5.39. The Hall–Kier alpha value is -0.549. The molecule has 0 atom stereocenters. The van der Waals surface area contributed by atoms with Crippen LogP contribution in [-0.2, 0) is 19.2 Å². The molecule has 0 aromatic carbocycles. The zero-order chi connectivity index (χ0) is 34.4. The monoisotopic (exact) mass is 790 g/mol. The maximum atomic E-state index is 11.4. The van der Waals surface area contributed by atoms with Crippen LogP contribution in [-0.4, -0.2) is 85.7 Å². The van der Waals surface area contributed by atoms with Crippen LogP contribution in [0.5, 0.6) is 0 Å². The molecule has 0 spiro atoms. The van der Waals surface area contributed by atoms with E-state index in [2.05, 4.69) is 24.5 Å². The van der Waals surface area contributed by atoms with Crippen LogP contribution < -0.4 is 20.8 Å². The smallest absolute Gasteiger partial charge is 0.550 e. The van der Waals surface area contributed by atoms with Crippen molar-refractivity contribution in [2.75, 3.05) is 13.1 Å². The molecule has 2 amide bonds. The topological polar surface area (TPSA) is 138 Å². The van der Waals surface area contributed by atoms with Gasteiger partial charge >= 0.3 is 48.9 Å². The molecular formula is C38H72BaN2O6. The number of carboxylic acid groups (broad SMARTS) is 2. The van der Waals surface area contributed by atoms with Gasteiger partial charge in [-0.05, 0) is 12.8 Å². The number of nitrogens with one attached hydrogen (secondary N) is 2. The van der Waals surface area contributed by atoms with Crippen molar-refractivity contribution in [1.29, 1.82) is 0 Å². The summed E-state index contributed by atoms with van der Waals surface area (Å²) < 4.78 is 0. The minimum atomic E-state index is -1.12. The van der Waals surface area contributed by atoms with Crippen LogP contribution in [0, 0.1) is 0 Å². The molecule has 0 aliphatic rings. The van der Waals surface area contributed by atoms with E-state index in [9.17, 15) is 29.4 Å². The van der Waals surface area contributed by atoms with E-state index in [1.807, 2.05) is 0 Å². The van der Waals surface area contributed by atoms with Gasteiger partial charge in [0.05, 0.1) is 0 Å². The van der Waals surface area contributed by atoms with E-state index in [-0.39, 0.29) is 86.6 Å². The number of hydrogen-bond acceptors (Lipinski definition) is 6. The van der Waals surface area contributed by atoms with E-state index < -0.39 is 11.9 Å². The van der Waals surface area contributed by atoms with E-state index in [4.69, 9.17) is 0 Å². The van der Waals surface area contributed by atoms with Gasteiger partial charge in [-0.1, -0.05) is 168 Å². The van der Waals surface area contributed by atoms with Gasteiger partial charge in [-0.3, -0.25) is 9.59 Å². The van der Waals surface area contributed by atoms with Crippen molar-refractivity contribution in [1.82, 2.24) is 10.6 Å². The Morgan fingerprint density at radius 2 is 0.574 bits per heavy atom. The van der Waals surface area contributed by atoms with Gasteiger partial charge < -0.3 is 30.4 Å². The Kier molecular flexibility index (Phi) is 47.0. The molecule has 0 heterocycles. The summed E-state index contributed by atoms with van der Waals surface area (Å²) >= 11 is 0. The van der Waals surface area contributed by atoms with Crippen molar-refractivity contribution < 1.29 is 29.4 Å². The molecule has 272 valence electrons. The predicted octanol–water partition coefficient (Wildman–Crippen LogP) is 7.07. The number of carboxylic acids is 2. The molecule has 0 aliphatic carbocycles. The van der Waals surface area contributed by atoms with Crippen LogP contribution in [0.25, 0.3) is 0 Å². The van der Waals surface area contributed by atoms with Crippen molar-refractivity contribution in [3.8, 4) is 0 Å². The first-order valence-corrected chi connectivity index (χ1v) is 19.3. The molecule has 0 aliphatic heterocycles.